The first kappa shape index (κ1) is 21.1. The topological polar surface area (TPSA) is 66.9 Å². The monoisotopic (exact) mass is 414 g/mol. The SMILES string of the molecule is CCOc1ccc(S(=O)(=O)N(C)CC(=O)N(C)c2ccc(F)cc2)cc1Cl. The lowest BCUT2D eigenvalue weighted by molar-refractivity contribution is -0.118. The Morgan fingerprint density at radius 1 is 1.15 bits per heavy atom. The van der Waals surface area contributed by atoms with Crippen molar-refractivity contribution in [1.29, 1.82) is 0 Å². The minimum absolute atomic E-state index is 0.0457. The van der Waals surface area contributed by atoms with E-state index < -0.39 is 21.7 Å². The lowest BCUT2D eigenvalue weighted by Crippen LogP contribution is -2.39. The maximum Gasteiger partial charge on any atom is 0.243 e. The lowest BCUT2D eigenvalue weighted by Gasteiger charge is -2.22. The lowest BCUT2D eigenvalue weighted by atomic mass is 10.3. The van der Waals surface area contributed by atoms with E-state index in [1.807, 2.05) is 0 Å². The van der Waals surface area contributed by atoms with Crippen LogP contribution in [0.15, 0.2) is 47.4 Å². The second-order valence-corrected chi connectivity index (χ2v) is 8.17. The summed E-state index contributed by atoms with van der Waals surface area (Å²) in [6.07, 6.45) is 0. The summed E-state index contributed by atoms with van der Waals surface area (Å²) < 4.78 is 44.6. The number of carbonyl (C=O) groups excluding carboxylic acids is 1. The third-order valence-electron chi connectivity index (χ3n) is 3.86. The fraction of sp³-hybridized carbons (Fsp3) is 0.278. The highest BCUT2D eigenvalue weighted by Gasteiger charge is 2.25. The number of nitrogens with zero attached hydrogens (tertiary/aromatic N) is 2. The fourth-order valence-electron chi connectivity index (χ4n) is 2.28. The summed E-state index contributed by atoms with van der Waals surface area (Å²) in [6.45, 7) is 1.80. The summed E-state index contributed by atoms with van der Waals surface area (Å²) in [5.74, 6) is -0.510. The van der Waals surface area contributed by atoms with Crippen LogP contribution in [0.1, 0.15) is 6.92 Å². The van der Waals surface area contributed by atoms with Crippen LogP contribution in [0.5, 0.6) is 5.75 Å². The highest BCUT2D eigenvalue weighted by Crippen LogP contribution is 2.28. The van der Waals surface area contributed by atoms with Crippen molar-refractivity contribution >= 4 is 33.2 Å². The summed E-state index contributed by atoms with van der Waals surface area (Å²) in [4.78, 5) is 13.6. The van der Waals surface area contributed by atoms with Gasteiger partial charge in [0.25, 0.3) is 0 Å². The molecule has 2 aromatic rings. The van der Waals surface area contributed by atoms with E-state index >= 15 is 0 Å². The van der Waals surface area contributed by atoms with Gasteiger partial charge in [0.2, 0.25) is 15.9 Å². The van der Waals surface area contributed by atoms with Crippen molar-refractivity contribution in [1.82, 2.24) is 4.31 Å². The molecule has 0 bridgehead atoms. The highest BCUT2D eigenvalue weighted by molar-refractivity contribution is 7.89. The first-order valence-corrected chi connectivity index (χ1v) is 9.89. The Morgan fingerprint density at radius 3 is 2.33 bits per heavy atom. The molecular formula is C18H20ClFN2O4S. The molecule has 0 aliphatic rings. The Morgan fingerprint density at radius 2 is 1.78 bits per heavy atom. The molecule has 0 aromatic heterocycles. The van der Waals surface area contributed by atoms with E-state index in [-0.39, 0.29) is 16.5 Å². The molecule has 2 aromatic carbocycles. The Labute approximate surface area is 163 Å². The number of benzene rings is 2. The molecule has 0 unspecified atom stereocenters. The second-order valence-electron chi connectivity index (χ2n) is 5.72. The van der Waals surface area contributed by atoms with E-state index in [0.29, 0.717) is 18.0 Å². The first-order chi connectivity index (χ1) is 12.7. The van der Waals surface area contributed by atoms with Crippen molar-refractivity contribution < 1.29 is 22.3 Å². The molecule has 0 aliphatic carbocycles. The van der Waals surface area contributed by atoms with E-state index in [4.69, 9.17) is 16.3 Å². The van der Waals surface area contributed by atoms with Crippen LogP contribution in [-0.2, 0) is 14.8 Å². The molecule has 27 heavy (non-hydrogen) atoms. The van der Waals surface area contributed by atoms with Gasteiger partial charge in [-0.25, -0.2) is 12.8 Å². The van der Waals surface area contributed by atoms with Crippen LogP contribution in [0.2, 0.25) is 5.02 Å². The van der Waals surface area contributed by atoms with Crippen LogP contribution in [0.4, 0.5) is 10.1 Å². The Balaban J connectivity index is 2.15. The van der Waals surface area contributed by atoms with Crippen LogP contribution in [0.25, 0.3) is 0 Å². The van der Waals surface area contributed by atoms with Gasteiger partial charge >= 0.3 is 0 Å². The number of hydrogen-bond donors (Lipinski definition) is 0. The number of hydrogen-bond acceptors (Lipinski definition) is 4. The highest BCUT2D eigenvalue weighted by atomic mass is 35.5. The molecule has 0 saturated carbocycles. The zero-order valence-corrected chi connectivity index (χ0v) is 16.7. The quantitative estimate of drug-likeness (QED) is 0.698. The van der Waals surface area contributed by atoms with Crippen LogP contribution >= 0.6 is 11.6 Å². The molecule has 9 heteroatoms. The van der Waals surface area contributed by atoms with Gasteiger partial charge < -0.3 is 9.64 Å². The molecule has 0 radical (unpaired) electrons. The largest absolute Gasteiger partial charge is 0.492 e. The van der Waals surface area contributed by atoms with Crippen LogP contribution < -0.4 is 9.64 Å². The molecule has 0 N–H and O–H groups in total. The third-order valence-corrected chi connectivity index (χ3v) is 5.95. The minimum atomic E-state index is -3.92. The normalized spacial score (nSPS) is 11.5. The summed E-state index contributed by atoms with van der Waals surface area (Å²) in [5, 5.41) is 0.168. The number of likely N-dealkylation sites (N-methyl/N-ethyl adjacent to an activating group) is 2. The Kier molecular flexibility index (Phi) is 6.80. The van der Waals surface area contributed by atoms with Crippen LogP contribution in [-0.4, -0.2) is 45.9 Å². The molecule has 0 atom stereocenters. The maximum atomic E-state index is 13.0. The average Bonchev–Trinajstić information content (AvgIpc) is 2.63. The second kappa shape index (κ2) is 8.69. The fourth-order valence-corrected chi connectivity index (χ4v) is 3.73. The Hall–Kier alpha value is -2.16. The zero-order valence-electron chi connectivity index (χ0n) is 15.1. The molecule has 1 amide bonds. The van der Waals surface area contributed by atoms with E-state index in [2.05, 4.69) is 0 Å². The summed E-state index contributed by atoms with van der Waals surface area (Å²) in [7, 11) is -1.13. The van der Waals surface area contributed by atoms with Gasteiger partial charge in [-0.05, 0) is 49.4 Å². The molecule has 0 saturated heterocycles. The van der Waals surface area contributed by atoms with E-state index in [9.17, 15) is 17.6 Å². The van der Waals surface area contributed by atoms with Gasteiger partial charge in [-0.3, -0.25) is 4.79 Å². The number of anilines is 1. The predicted octanol–water partition coefficient (Wildman–Crippen LogP) is 3.16. The number of rotatable bonds is 7. The first-order valence-electron chi connectivity index (χ1n) is 8.07. The zero-order chi connectivity index (χ0) is 20.2. The van der Waals surface area contributed by atoms with Gasteiger partial charge in [0.15, 0.2) is 0 Å². The Bertz CT molecular complexity index is 919. The molecular weight excluding hydrogens is 395 g/mol. The number of halogens is 2. The maximum absolute atomic E-state index is 13.0. The average molecular weight is 415 g/mol. The molecule has 0 heterocycles. The predicted molar refractivity (Wildman–Crippen MR) is 102 cm³/mol. The van der Waals surface area contributed by atoms with Gasteiger partial charge in [0, 0.05) is 19.8 Å². The van der Waals surface area contributed by atoms with Gasteiger partial charge in [0.05, 0.1) is 23.1 Å². The number of ether oxygens (including phenoxy) is 1. The van der Waals surface area contributed by atoms with Crippen molar-refractivity contribution in [2.24, 2.45) is 0 Å². The number of amides is 1. The smallest absolute Gasteiger partial charge is 0.243 e. The molecule has 6 nitrogen and oxygen atoms in total. The molecule has 146 valence electrons. The summed E-state index contributed by atoms with van der Waals surface area (Å²) in [6, 6.07) is 9.45. The molecule has 2 rings (SSSR count). The van der Waals surface area contributed by atoms with Gasteiger partial charge in [-0.2, -0.15) is 4.31 Å². The standard InChI is InChI=1S/C18H20ClFN2O4S/c1-4-26-17-10-9-15(11-16(17)19)27(24,25)21(2)12-18(23)22(3)14-7-5-13(20)6-8-14/h5-11H,4,12H2,1-3H3. The minimum Gasteiger partial charge on any atom is -0.492 e. The summed E-state index contributed by atoms with van der Waals surface area (Å²) in [5.41, 5.74) is 0.455. The van der Waals surface area contributed by atoms with Crippen LogP contribution in [0, 0.1) is 5.82 Å². The van der Waals surface area contributed by atoms with E-state index in [0.717, 1.165) is 4.31 Å². The van der Waals surface area contributed by atoms with Gasteiger partial charge in [-0.15, -0.1) is 0 Å². The third kappa shape index (κ3) is 4.97. The van der Waals surface area contributed by atoms with Crippen molar-refractivity contribution in [3.63, 3.8) is 0 Å². The van der Waals surface area contributed by atoms with Crippen molar-refractivity contribution in [2.45, 2.75) is 11.8 Å². The van der Waals surface area contributed by atoms with Gasteiger partial charge in [-0.1, -0.05) is 11.6 Å². The van der Waals surface area contributed by atoms with Crippen molar-refractivity contribution in [3.05, 3.63) is 53.3 Å². The van der Waals surface area contributed by atoms with Gasteiger partial charge in [0.1, 0.15) is 11.6 Å². The van der Waals surface area contributed by atoms with E-state index in [1.165, 1.54) is 61.5 Å². The van der Waals surface area contributed by atoms with Crippen LogP contribution in [0.3, 0.4) is 0 Å². The van der Waals surface area contributed by atoms with E-state index in [1.54, 1.807) is 6.92 Å². The molecule has 0 fully saturated rings. The van der Waals surface area contributed by atoms with Crippen molar-refractivity contribution in [2.75, 3.05) is 32.1 Å². The number of carbonyl (C=O) groups is 1. The summed E-state index contributed by atoms with van der Waals surface area (Å²) >= 11 is 6.05. The molecule has 0 spiro atoms. The van der Waals surface area contributed by atoms with Crippen molar-refractivity contribution in [3.8, 4) is 5.75 Å². The number of sulfonamides is 1. The molecule has 0 aliphatic heterocycles.